The van der Waals surface area contributed by atoms with Gasteiger partial charge in [-0.15, -0.1) is 0 Å². The molecule has 1 atom stereocenters. The molecule has 1 aliphatic rings. The van der Waals surface area contributed by atoms with Gasteiger partial charge in [-0.1, -0.05) is 35.6 Å². The Morgan fingerprint density at radius 2 is 1.93 bits per heavy atom. The van der Waals surface area contributed by atoms with E-state index in [-0.39, 0.29) is 0 Å². The summed E-state index contributed by atoms with van der Waals surface area (Å²) in [5, 5.41) is 10.3. The van der Waals surface area contributed by atoms with Gasteiger partial charge in [0.1, 0.15) is 6.10 Å². The molecule has 0 unspecified atom stereocenters. The van der Waals surface area contributed by atoms with Gasteiger partial charge in [-0.25, -0.2) is 0 Å². The molecule has 1 aliphatic carbocycles. The lowest BCUT2D eigenvalue weighted by Gasteiger charge is -2.02. The van der Waals surface area contributed by atoms with Gasteiger partial charge in [0, 0.05) is 10.9 Å². The van der Waals surface area contributed by atoms with Crippen LogP contribution in [0.5, 0.6) is 0 Å². The van der Waals surface area contributed by atoms with Gasteiger partial charge in [0.15, 0.2) is 0 Å². The fourth-order valence-electron chi connectivity index (χ4n) is 1.15. The Balaban J connectivity index is 2.07. The van der Waals surface area contributed by atoms with E-state index < -0.39 is 6.10 Å². The predicted molar refractivity (Wildman–Crippen MR) is 56.9 cm³/mol. The van der Waals surface area contributed by atoms with Gasteiger partial charge < -0.3 is 5.11 Å². The maximum absolute atomic E-state index is 9.67. The first-order valence-electron chi connectivity index (χ1n) is 4.70. The molecule has 1 nitrogen and oxygen atoms in total. The highest BCUT2D eigenvalue weighted by molar-refractivity contribution is 6.30. The van der Waals surface area contributed by atoms with Gasteiger partial charge in [0.2, 0.25) is 0 Å². The van der Waals surface area contributed by atoms with E-state index in [0.717, 1.165) is 5.56 Å². The molecule has 2 rings (SSSR count). The molecule has 2 heteroatoms. The summed E-state index contributed by atoms with van der Waals surface area (Å²) >= 11 is 5.74. The third-order valence-electron chi connectivity index (χ3n) is 2.19. The molecule has 0 heterocycles. The topological polar surface area (TPSA) is 20.2 Å². The van der Waals surface area contributed by atoms with E-state index in [1.165, 1.54) is 12.8 Å². The van der Waals surface area contributed by atoms with E-state index in [2.05, 4.69) is 11.8 Å². The summed E-state index contributed by atoms with van der Waals surface area (Å²) in [6.45, 7) is 0. The summed E-state index contributed by atoms with van der Waals surface area (Å²) in [7, 11) is 0. The number of halogens is 1. The van der Waals surface area contributed by atoms with Crippen molar-refractivity contribution in [3.63, 3.8) is 0 Å². The van der Waals surface area contributed by atoms with Gasteiger partial charge in [0.25, 0.3) is 0 Å². The van der Waals surface area contributed by atoms with Crippen molar-refractivity contribution in [1.29, 1.82) is 0 Å². The molecule has 0 spiro atoms. The third-order valence-corrected chi connectivity index (χ3v) is 2.44. The first-order chi connectivity index (χ1) is 6.75. The molecule has 0 aromatic heterocycles. The molecule has 0 aliphatic heterocycles. The van der Waals surface area contributed by atoms with Crippen molar-refractivity contribution in [2.24, 2.45) is 5.92 Å². The van der Waals surface area contributed by atoms with Crippen molar-refractivity contribution in [2.45, 2.75) is 18.9 Å². The van der Waals surface area contributed by atoms with Crippen LogP contribution in [0.3, 0.4) is 0 Å². The van der Waals surface area contributed by atoms with Crippen LogP contribution in [-0.2, 0) is 0 Å². The van der Waals surface area contributed by atoms with E-state index in [1.807, 2.05) is 0 Å². The zero-order valence-corrected chi connectivity index (χ0v) is 8.46. The first-order valence-corrected chi connectivity index (χ1v) is 5.08. The van der Waals surface area contributed by atoms with E-state index >= 15 is 0 Å². The Morgan fingerprint density at radius 3 is 2.50 bits per heavy atom. The summed E-state index contributed by atoms with van der Waals surface area (Å²) in [6, 6.07) is 7.13. The second kappa shape index (κ2) is 4.04. The average molecular weight is 207 g/mol. The summed E-state index contributed by atoms with van der Waals surface area (Å²) in [5.41, 5.74) is 0.808. The highest BCUT2D eigenvalue weighted by atomic mass is 35.5. The maximum Gasteiger partial charge on any atom is 0.140 e. The highest BCUT2D eigenvalue weighted by Gasteiger charge is 2.18. The van der Waals surface area contributed by atoms with Crippen molar-refractivity contribution in [3.05, 3.63) is 34.9 Å². The van der Waals surface area contributed by atoms with Crippen molar-refractivity contribution in [1.82, 2.24) is 0 Å². The minimum Gasteiger partial charge on any atom is -0.376 e. The van der Waals surface area contributed by atoms with Crippen LogP contribution in [0.25, 0.3) is 0 Å². The van der Waals surface area contributed by atoms with Crippen LogP contribution in [0.2, 0.25) is 5.02 Å². The second-order valence-corrected chi connectivity index (χ2v) is 3.95. The first kappa shape index (κ1) is 9.58. The molecule has 14 heavy (non-hydrogen) atoms. The molecule has 0 amide bonds. The molecule has 1 N–H and O–H groups in total. The van der Waals surface area contributed by atoms with Crippen molar-refractivity contribution < 1.29 is 5.11 Å². The number of rotatable bonds is 1. The zero-order valence-electron chi connectivity index (χ0n) is 7.70. The summed E-state index contributed by atoms with van der Waals surface area (Å²) < 4.78 is 0. The van der Waals surface area contributed by atoms with Crippen LogP contribution in [0, 0.1) is 17.8 Å². The molecule has 72 valence electrons. The SMILES string of the molecule is O[C@@H](C#CC1CC1)c1ccc(Cl)cc1. The Hall–Kier alpha value is -0.970. The molecule has 1 fully saturated rings. The Labute approximate surface area is 88.7 Å². The van der Waals surface area contributed by atoms with Crippen molar-refractivity contribution in [3.8, 4) is 11.8 Å². The number of aliphatic hydroxyl groups is 1. The van der Waals surface area contributed by atoms with Crippen LogP contribution in [0.1, 0.15) is 24.5 Å². The molecule has 0 saturated heterocycles. The van der Waals surface area contributed by atoms with Crippen LogP contribution >= 0.6 is 11.6 Å². The van der Waals surface area contributed by atoms with Crippen LogP contribution in [0.4, 0.5) is 0 Å². The maximum atomic E-state index is 9.67. The highest BCUT2D eigenvalue weighted by Crippen LogP contribution is 2.28. The average Bonchev–Trinajstić information content (AvgIpc) is 2.99. The molecule has 1 aromatic carbocycles. The minimum absolute atomic E-state index is 0.525. The largest absolute Gasteiger partial charge is 0.376 e. The van der Waals surface area contributed by atoms with Gasteiger partial charge in [-0.05, 0) is 30.5 Å². The van der Waals surface area contributed by atoms with E-state index in [4.69, 9.17) is 11.6 Å². The standard InChI is InChI=1S/C12H11ClO/c13-11-6-4-10(5-7-11)12(14)8-3-9-1-2-9/h4-7,9,12,14H,1-2H2/t12-/m0/s1. The Kier molecular flexibility index (Phi) is 2.77. The number of hydrogen-bond acceptors (Lipinski definition) is 1. The summed E-state index contributed by atoms with van der Waals surface area (Å²) in [6.07, 6.45) is 1.69. The third kappa shape index (κ3) is 2.51. The van der Waals surface area contributed by atoms with Crippen LogP contribution in [0.15, 0.2) is 24.3 Å². The normalized spacial score (nSPS) is 17.0. The number of aliphatic hydroxyl groups excluding tert-OH is 1. The predicted octanol–water partition coefficient (Wildman–Crippen LogP) is 2.79. The van der Waals surface area contributed by atoms with E-state index in [1.54, 1.807) is 24.3 Å². The lowest BCUT2D eigenvalue weighted by molar-refractivity contribution is 0.238. The van der Waals surface area contributed by atoms with E-state index in [0.29, 0.717) is 10.9 Å². The fraction of sp³-hybridized carbons (Fsp3) is 0.333. The van der Waals surface area contributed by atoms with Crippen LogP contribution in [-0.4, -0.2) is 5.11 Å². The quantitative estimate of drug-likeness (QED) is 0.701. The van der Waals surface area contributed by atoms with Crippen molar-refractivity contribution >= 4 is 11.6 Å². The Bertz CT molecular complexity index is 368. The monoisotopic (exact) mass is 206 g/mol. The molecule has 1 saturated carbocycles. The molecular formula is C12H11ClO. The Morgan fingerprint density at radius 1 is 1.29 bits per heavy atom. The summed E-state index contributed by atoms with van der Waals surface area (Å²) in [4.78, 5) is 0. The minimum atomic E-state index is -0.673. The van der Waals surface area contributed by atoms with Crippen molar-refractivity contribution in [2.75, 3.05) is 0 Å². The van der Waals surface area contributed by atoms with Gasteiger partial charge >= 0.3 is 0 Å². The molecular weight excluding hydrogens is 196 g/mol. The van der Waals surface area contributed by atoms with Gasteiger partial charge in [0.05, 0.1) is 0 Å². The number of benzene rings is 1. The zero-order chi connectivity index (χ0) is 9.97. The second-order valence-electron chi connectivity index (χ2n) is 3.52. The molecule has 0 bridgehead atoms. The van der Waals surface area contributed by atoms with Gasteiger partial charge in [-0.3, -0.25) is 0 Å². The lowest BCUT2D eigenvalue weighted by atomic mass is 10.1. The van der Waals surface area contributed by atoms with Crippen LogP contribution < -0.4 is 0 Å². The van der Waals surface area contributed by atoms with E-state index in [9.17, 15) is 5.11 Å². The molecule has 0 radical (unpaired) electrons. The number of hydrogen-bond donors (Lipinski definition) is 1. The smallest absolute Gasteiger partial charge is 0.140 e. The molecule has 1 aromatic rings. The fourth-order valence-corrected chi connectivity index (χ4v) is 1.28. The lowest BCUT2D eigenvalue weighted by Crippen LogP contribution is -1.92. The summed E-state index contributed by atoms with van der Waals surface area (Å²) in [5.74, 6) is 6.40. The van der Waals surface area contributed by atoms with Gasteiger partial charge in [-0.2, -0.15) is 0 Å².